The summed E-state index contributed by atoms with van der Waals surface area (Å²) in [6.45, 7) is 4.74. The summed E-state index contributed by atoms with van der Waals surface area (Å²) in [7, 11) is 3.74. The summed E-state index contributed by atoms with van der Waals surface area (Å²) in [5.74, 6) is 0. The molecule has 4 nitrogen and oxygen atoms in total. The van der Waals surface area contributed by atoms with Gasteiger partial charge in [0, 0.05) is 26.2 Å². The number of pyridine rings is 1. The van der Waals surface area contributed by atoms with Crippen molar-refractivity contribution in [3.63, 3.8) is 0 Å². The van der Waals surface area contributed by atoms with Crippen LogP contribution in [0.5, 0.6) is 0 Å². The van der Waals surface area contributed by atoms with E-state index < -0.39 is 0 Å². The normalized spacial score (nSPS) is 14.6. The third-order valence-electron chi connectivity index (χ3n) is 2.71. The molecule has 1 rings (SSSR count). The Morgan fingerprint density at radius 1 is 1.44 bits per heavy atom. The standard InChI is InChI=1S/C12H21N3O/c1-9(8-16-4)15(3)11-5-6-12(10(2)13)14-7-11/h5-7,9-10H,8,13H2,1-4H3/t9?,10-/m0/s1. The van der Waals surface area contributed by atoms with E-state index in [4.69, 9.17) is 10.5 Å². The van der Waals surface area contributed by atoms with Crippen molar-refractivity contribution in [3.8, 4) is 0 Å². The highest BCUT2D eigenvalue weighted by molar-refractivity contribution is 5.44. The number of ether oxygens (including phenoxy) is 1. The minimum atomic E-state index is -0.0178. The van der Waals surface area contributed by atoms with Crippen molar-refractivity contribution in [1.82, 2.24) is 4.98 Å². The average molecular weight is 223 g/mol. The van der Waals surface area contributed by atoms with Gasteiger partial charge in [0.2, 0.25) is 0 Å². The molecule has 90 valence electrons. The lowest BCUT2D eigenvalue weighted by molar-refractivity contribution is 0.183. The predicted octanol–water partition coefficient (Wildman–Crippen LogP) is 1.57. The molecule has 2 atom stereocenters. The Hall–Kier alpha value is -1.13. The molecule has 0 amide bonds. The van der Waals surface area contributed by atoms with E-state index in [-0.39, 0.29) is 6.04 Å². The molecule has 0 aromatic carbocycles. The number of hydrogen-bond acceptors (Lipinski definition) is 4. The fourth-order valence-electron chi connectivity index (χ4n) is 1.48. The van der Waals surface area contributed by atoms with Crippen LogP contribution in [-0.2, 0) is 4.74 Å². The lowest BCUT2D eigenvalue weighted by Crippen LogP contribution is -2.32. The van der Waals surface area contributed by atoms with Gasteiger partial charge in [0.05, 0.1) is 24.2 Å². The highest BCUT2D eigenvalue weighted by Gasteiger charge is 2.10. The molecule has 0 aliphatic carbocycles. The van der Waals surface area contributed by atoms with Gasteiger partial charge in [0.15, 0.2) is 0 Å². The van der Waals surface area contributed by atoms with Crippen LogP contribution in [0.4, 0.5) is 5.69 Å². The van der Waals surface area contributed by atoms with Crippen LogP contribution in [0, 0.1) is 0 Å². The first-order valence-electron chi connectivity index (χ1n) is 5.49. The van der Waals surface area contributed by atoms with Gasteiger partial charge in [0.1, 0.15) is 0 Å². The third kappa shape index (κ3) is 3.18. The van der Waals surface area contributed by atoms with Crippen molar-refractivity contribution in [3.05, 3.63) is 24.0 Å². The third-order valence-corrected chi connectivity index (χ3v) is 2.71. The van der Waals surface area contributed by atoms with Gasteiger partial charge in [-0.2, -0.15) is 0 Å². The zero-order chi connectivity index (χ0) is 12.1. The maximum Gasteiger partial charge on any atom is 0.0663 e. The molecule has 0 aliphatic heterocycles. The molecule has 2 N–H and O–H groups in total. The Labute approximate surface area is 97.4 Å². The van der Waals surface area contributed by atoms with Crippen LogP contribution in [0.3, 0.4) is 0 Å². The highest BCUT2D eigenvalue weighted by atomic mass is 16.5. The van der Waals surface area contributed by atoms with Crippen molar-refractivity contribution in [2.24, 2.45) is 5.73 Å². The van der Waals surface area contributed by atoms with Gasteiger partial charge in [-0.25, -0.2) is 0 Å². The zero-order valence-electron chi connectivity index (χ0n) is 10.5. The summed E-state index contributed by atoms with van der Waals surface area (Å²) >= 11 is 0. The minimum Gasteiger partial charge on any atom is -0.383 e. The second-order valence-electron chi connectivity index (χ2n) is 4.15. The van der Waals surface area contributed by atoms with E-state index in [1.54, 1.807) is 7.11 Å². The zero-order valence-corrected chi connectivity index (χ0v) is 10.5. The van der Waals surface area contributed by atoms with E-state index in [2.05, 4.69) is 16.8 Å². The van der Waals surface area contributed by atoms with Gasteiger partial charge >= 0.3 is 0 Å². The summed E-state index contributed by atoms with van der Waals surface area (Å²) in [4.78, 5) is 6.47. The maximum atomic E-state index is 5.75. The Morgan fingerprint density at radius 3 is 2.56 bits per heavy atom. The van der Waals surface area contributed by atoms with Crippen LogP contribution < -0.4 is 10.6 Å². The molecule has 0 aliphatic rings. The van der Waals surface area contributed by atoms with Crippen LogP contribution in [0.2, 0.25) is 0 Å². The van der Waals surface area contributed by atoms with Gasteiger partial charge in [-0.1, -0.05) is 0 Å². The summed E-state index contributed by atoms with van der Waals surface area (Å²) < 4.78 is 5.13. The van der Waals surface area contributed by atoms with Gasteiger partial charge in [0.25, 0.3) is 0 Å². The average Bonchev–Trinajstić information content (AvgIpc) is 2.28. The van der Waals surface area contributed by atoms with Gasteiger partial charge < -0.3 is 15.4 Å². The number of hydrogen-bond donors (Lipinski definition) is 1. The first-order chi connectivity index (χ1) is 7.56. The molecule has 0 spiro atoms. The number of rotatable bonds is 5. The van der Waals surface area contributed by atoms with Crippen molar-refractivity contribution in [2.75, 3.05) is 25.7 Å². The first-order valence-corrected chi connectivity index (χ1v) is 5.49. The molecule has 0 saturated heterocycles. The molecule has 0 radical (unpaired) electrons. The number of methoxy groups -OCH3 is 1. The molecule has 1 aromatic heterocycles. The lowest BCUT2D eigenvalue weighted by atomic mass is 10.2. The van der Waals surface area contributed by atoms with Gasteiger partial charge in [-0.15, -0.1) is 0 Å². The summed E-state index contributed by atoms with van der Waals surface area (Å²) in [5, 5.41) is 0. The van der Waals surface area contributed by atoms with E-state index in [9.17, 15) is 0 Å². The SMILES string of the molecule is COCC(C)N(C)c1ccc([C@H](C)N)nc1. The van der Waals surface area contributed by atoms with Crippen LogP contribution in [0.15, 0.2) is 18.3 Å². The number of aromatic nitrogens is 1. The van der Waals surface area contributed by atoms with Crippen molar-refractivity contribution in [1.29, 1.82) is 0 Å². The molecular formula is C12H21N3O. The van der Waals surface area contributed by atoms with Crippen LogP contribution >= 0.6 is 0 Å². The van der Waals surface area contributed by atoms with Crippen molar-refractivity contribution < 1.29 is 4.74 Å². The number of nitrogens with two attached hydrogens (primary N) is 1. The number of nitrogens with zero attached hydrogens (tertiary/aromatic N) is 2. The smallest absolute Gasteiger partial charge is 0.0663 e. The first kappa shape index (κ1) is 12.9. The second-order valence-corrected chi connectivity index (χ2v) is 4.15. The fraction of sp³-hybridized carbons (Fsp3) is 0.583. The molecule has 0 fully saturated rings. The quantitative estimate of drug-likeness (QED) is 0.823. The van der Waals surface area contributed by atoms with Crippen LogP contribution in [0.25, 0.3) is 0 Å². The largest absolute Gasteiger partial charge is 0.383 e. The molecule has 0 bridgehead atoms. The Kier molecular flexibility index (Phi) is 4.71. The Bertz CT molecular complexity index is 311. The molecule has 4 heteroatoms. The predicted molar refractivity (Wildman–Crippen MR) is 66.6 cm³/mol. The summed E-state index contributed by atoms with van der Waals surface area (Å²) in [5.41, 5.74) is 7.74. The molecule has 1 heterocycles. The van der Waals surface area contributed by atoms with Gasteiger partial charge in [-0.05, 0) is 26.0 Å². The van der Waals surface area contributed by atoms with Crippen molar-refractivity contribution in [2.45, 2.75) is 25.9 Å². The van der Waals surface area contributed by atoms with E-state index in [1.165, 1.54) is 0 Å². The number of likely N-dealkylation sites (N-methyl/N-ethyl adjacent to an activating group) is 1. The highest BCUT2D eigenvalue weighted by Crippen LogP contribution is 2.16. The Morgan fingerprint density at radius 2 is 2.12 bits per heavy atom. The van der Waals surface area contributed by atoms with Crippen LogP contribution in [-0.4, -0.2) is 31.8 Å². The van der Waals surface area contributed by atoms with E-state index in [0.29, 0.717) is 12.6 Å². The molecule has 1 aromatic rings. The second kappa shape index (κ2) is 5.82. The summed E-state index contributed by atoms with van der Waals surface area (Å²) in [6.07, 6.45) is 1.85. The fourth-order valence-corrected chi connectivity index (χ4v) is 1.48. The lowest BCUT2D eigenvalue weighted by Gasteiger charge is -2.26. The minimum absolute atomic E-state index is 0.0178. The van der Waals surface area contributed by atoms with Crippen LogP contribution in [0.1, 0.15) is 25.6 Å². The van der Waals surface area contributed by atoms with Gasteiger partial charge in [-0.3, -0.25) is 4.98 Å². The Balaban J connectivity index is 2.73. The maximum absolute atomic E-state index is 5.75. The molecule has 0 saturated carbocycles. The molecule has 16 heavy (non-hydrogen) atoms. The molecule has 1 unspecified atom stereocenters. The molecular weight excluding hydrogens is 202 g/mol. The number of anilines is 1. The summed E-state index contributed by atoms with van der Waals surface area (Å²) in [6, 6.07) is 4.32. The van der Waals surface area contributed by atoms with E-state index in [0.717, 1.165) is 11.4 Å². The monoisotopic (exact) mass is 223 g/mol. The van der Waals surface area contributed by atoms with E-state index >= 15 is 0 Å². The van der Waals surface area contributed by atoms with Crippen molar-refractivity contribution >= 4 is 5.69 Å². The van der Waals surface area contributed by atoms with E-state index in [1.807, 2.05) is 32.3 Å². The topological polar surface area (TPSA) is 51.4 Å².